The Morgan fingerprint density at radius 3 is 1.87 bits per heavy atom. The molecule has 9 aromatic rings. The van der Waals surface area contributed by atoms with E-state index < -0.39 is 0 Å². The van der Waals surface area contributed by atoms with E-state index in [1.165, 1.54) is 58.8 Å². The third-order valence-electron chi connectivity index (χ3n) is 10.4. The first-order chi connectivity index (χ1) is 26.2. The molecule has 1 aliphatic rings. The van der Waals surface area contributed by atoms with Crippen LogP contribution in [0.15, 0.2) is 188 Å². The van der Waals surface area contributed by atoms with Crippen molar-refractivity contribution in [3.05, 3.63) is 199 Å². The van der Waals surface area contributed by atoms with Gasteiger partial charge in [0.1, 0.15) is 0 Å². The molecule has 0 N–H and O–H groups in total. The molecule has 1 unspecified atom stereocenters. The number of hydrogen-bond acceptors (Lipinski definition) is 3. The number of thiophene rings is 1. The van der Waals surface area contributed by atoms with Crippen LogP contribution in [0.2, 0.25) is 0 Å². The lowest BCUT2D eigenvalue weighted by Crippen LogP contribution is -2.02. The van der Waals surface area contributed by atoms with E-state index in [1.807, 2.05) is 29.5 Å². The molecule has 1 atom stereocenters. The van der Waals surface area contributed by atoms with Gasteiger partial charge in [-0.25, -0.2) is 9.97 Å². The lowest BCUT2D eigenvalue weighted by molar-refractivity contribution is 0.868. The molecule has 53 heavy (non-hydrogen) atoms. The molecule has 2 aromatic heterocycles. The Balaban J connectivity index is 0.977. The average molecular weight is 695 g/mol. The second-order valence-electron chi connectivity index (χ2n) is 13.8. The second kappa shape index (κ2) is 13.3. The summed E-state index contributed by atoms with van der Waals surface area (Å²) in [6, 6.07) is 60.9. The highest BCUT2D eigenvalue weighted by atomic mass is 32.1. The van der Waals surface area contributed by atoms with Gasteiger partial charge in [0.15, 0.2) is 5.82 Å². The van der Waals surface area contributed by atoms with Crippen LogP contribution in [-0.4, -0.2) is 9.97 Å². The highest BCUT2D eigenvalue weighted by Gasteiger charge is 2.18. The predicted molar refractivity (Wildman–Crippen MR) is 225 cm³/mol. The zero-order chi connectivity index (χ0) is 35.1. The maximum absolute atomic E-state index is 5.14. The fourth-order valence-electron chi connectivity index (χ4n) is 7.64. The molecule has 10 rings (SSSR count). The molecule has 0 bridgehead atoms. The second-order valence-corrected chi connectivity index (χ2v) is 14.9. The normalized spacial score (nSPS) is 14.2. The van der Waals surface area contributed by atoms with Gasteiger partial charge >= 0.3 is 0 Å². The van der Waals surface area contributed by atoms with Crippen molar-refractivity contribution in [1.82, 2.24) is 9.97 Å². The number of hydrogen-bond donors (Lipinski definition) is 0. The molecule has 2 nitrogen and oxygen atoms in total. The molecule has 0 radical (unpaired) electrons. The molecular formula is C50H34N2S. The van der Waals surface area contributed by atoms with Crippen LogP contribution in [0.3, 0.4) is 0 Å². The first-order valence-electron chi connectivity index (χ1n) is 18.2. The zero-order valence-corrected chi connectivity index (χ0v) is 29.8. The van der Waals surface area contributed by atoms with Crippen LogP contribution < -0.4 is 0 Å². The van der Waals surface area contributed by atoms with E-state index >= 15 is 0 Å². The van der Waals surface area contributed by atoms with Crippen molar-refractivity contribution in [2.45, 2.75) is 12.3 Å². The third kappa shape index (κ3) is 6.05. The summed E-state index contributed by atoms with van der Waals surface area (Å²) in [7, 11) is 0. The summed E-state index contributed by atoms with van der Waals surface area (Å²) in [6.45, 7) is 0. The van der Waals surface area contributed by atoms with Crippen molar-refractivity contribution < 1.29 is 0 Å². The Bertz CT molecular complexity index is 2850. The van der Waals surface area contributed by atoms with Crippen LogP contribution in [0.5, 0.6) is 0 Å². The van der Waals surface area contributed by atoms with Crippen molar-refractivity contribution in [1.29, 1.82) is 0 Å². The van der Waals surface area contributed by atoms with Crippen LogP contribution in [-0.2, 0) is 0 Å². The van der Waals surface area contributed by atoms with Gasteiger partial charge in [-0.05, 0) is 81.4 Å². The van der Waals surface area contributed by atoms with E-state index in [-0.39, 0.29) is 5.92 Å². The number of fused-ring (bicyclic) bond motifs is 4. The minimum atomic E-state index is 0.259. The molecule has 1 aliphatic carbocycles. The third-order valence-corrected chi connectivity index (χ3v) is 11.6. The number of aromatic nitrogens is 2. The van der Waals surface area contributed by atoms with Gasteiger partial charge in [-0.1, -0.05) is 152 Å². The van der Waals surface area contributed by atoms with Gasteiger partial charge in [0, 0.05) is 42.8 Å². The van der Waals surface area contributed by atoms with Gasteiger partial charge < -0.3 is 0 Å². The zero-order valence-electron chi connectivity index (χ0n) is 29.0. The molecule has 0 amide bonds. The Hall–Kier alpha value is -6.42. The Kier molecular flexibility index (Phi) is 7.85. The highest BCUT2D eigenvalue weighted by Crippen LogP contribution is 2.41. The van der Waals surface area contributed by atoms with Crippen LogP contribution in [0.1, 0.15) is 23.5 Å². The molecule has 0 saturated carbocycles. The minimum Gasteiger partial charge on any atom is -0.228 e. The van der Waals surface area contributed by atoms with Gasteiger partial charge in [-0.3, -0.25) is 0 Å². The Labute approximate surface area is 313 Å². The van der Waals surface area contributed by atoms with Crippen LogP contribution in [0.25, 0.3) is 81.5 Å². The Morgan fingerprint density at radius 2 is 1.08 bits per heavy atom. The van der Waals surface area contributed by atoms with Crippen LogP contribution >= 0.6 is 11.3 Å². The number of allylic oxidation sites excluding steroid dienone is 4. The number of nitrogens with zero attached hydrogens (tertiary/aromatic N) is 2. The van der Waals surface area contributed by atoms with E-state index in [4.69, 9.17) is 9.97 Å². The molecule has 2 heterocycles. The lowest BCUT2D eigenvalue weighted by Gasteiger charge is -2.20. The van der Waals surface area contributed by atoms with Crippen molar-refractivity contribution in [2.24, 2.45) is 0 Å². The molecule has 0 aliphatic heterocycles. The summed E-state index contributed by atoms with van der Waals surface area (Å²) < 4.78 is 2.68. The standard InChI is InChI=1S/C50H34N2S/c1-3-11-33(12-4-1)34-21-23-35(24-22-34)46-32-47(52-50(51-46)36-13-5-2-6-14-36)43-20-10-19-39(28-43)37-17-9-18-38(27-37)42-25-26-48-44(30-42)45-29-40-15-7-8-16-41(40)31-49(45)53-48/h1-26,28-32,37H,27H2. The summed E-state index contributed by atoms with van der Waals surface area (Å²) in [5, 5.41) is 5.26. The quantitative estimate of drug-likeness (QED) is 0.173. The van der Waals surface area contributed by atoms with Crippen molar-refractivity contribution >= 4 is 47.9 Å². The molecule has 0 fully saturated rings. The number of rotatable bonds is 6. The van der Waals surface area contributed by atoms with E-state index in [9.17, 15) is 0 Å². The van der Waals surface area contributed by atoms with Gasteiger partial charge in [0.25, 0.3) is 0 Å². The minimum absolute atomic E-state index is 0.259. The van der Waals surface area contributed by atoms with E-state index in [2.05, 4.69) is 170 Å². The van der Waals surface area contributed by atoms with Gasteiger partial charge in [-0.15, -0.1) is 11.3 Å². The van der Waals surface area contributed by atoms with Crippen LogP contribution in [0.4, 0.5) is 0 Å². The predicted octanol–water partition coefficient (Wildman–Crippen LogP) is 13.8. The first kappa shape index (κ1) is 31.3. The van der Waals surface area contributed by atoms with E-state index in [0.717, 1.165) is 40.3 Å². The fourth-order valence-corrected chi connectivity index (χ4v) is 8.75. The molecular weight excluding hydrogens is 661 g/mol. The maximum Gasteiger partial charge on any atom is 0.160 e. The van der Waals surface area contributed by atoms with Gasteiger partial charge in [0.05, 0.1) is 11.4 Å². The SMILES string of the molecule is C1=CC(c2cccc(-c3cc(-c4ccc(-c5ccccc5)cc4)nc(-c4ccccc4)n3)c2)CC(c2ccc3sc4cc5ccccc5cc4c3c2)=C1. The molecule has 3 heteroatoms. The summed E-state index contributed by atoms with van der Waals surface area (Å²) in [6.07, 6.45) is 7.79. The van der Waals surface area contributed by atoms with Crippen molar-refractivity contribution in [3.8, 4) is 45.0 Å². The van der Waals surface area contributed by atoms with Crippen LogP contribution in [0, 0.1) is 0 Å². The van der Waals surface area contributed by atoms with E-state index in [1.54, 1.807) is 0 Å². The monoisotopic (exact) mass is 694 g/mol. The summed E-state index contributed by atoms with van der Waals surface area (Å²) in [5.41, 5.74) is 11.3. The highest BCUT2D eigenvalue weighted by molar-refractivity contribution is 7.25. The Morgan fingerprint density at radius 1 is 0.453 bits per heavy atom. The summed E-state index contributed by atoms with van der Waals surface area (Å²) in [5.74, 6) is 0.983. The largest absolute Gasteiger partial charge is 0.228 e. The first-order valence-corrected chi connectivity index (χ1v) is 19.0. The maximum atomic E-state index is 5.14. The van der Waals surface area contributed by atoms with E-state index in [0.29, 0.717) is 0 Å². The molecule has 7 aromatic carbocycles. The summed E-state index contributed by atoms with van der Waals surface area (Å²) in [4.78, 5) is 10.2. The average Bonchev–Trinajstić information content (AvgIpc) is 3.60. The van der Waals surface area contributed by atoms with Gasteiger partial charge in [0.2, 0.25) is 0 Å². The fraction of sp³-hybridized carbons (Fsp3) is 0.0400. The van der Waals surface area contributed by atoms with Crippen molar-refractivity contribution in [2.75, 3.05) is 0 Å². The lowest BCUT2D eigenvalue weighted by atomic mass is 9.84. The number of benzene rings is 7. The molecule has 0 spiro atoms. The molecule has 0 saturated heterocycles. The summed E-state index contributed by atoms with van der Waals surface area (Å²) >= 11 is 1.88. The molecule has 250 valence electrons. The van der Waals surface area contributed by atoms with Crippen molar-refractivity contribution in [3.63, 3.8) is 0 Å². The smallest absolute Gasteiger partial charge is 0.160 e. The van der Waals surface area contributed by atoms with Gasteiger partial charge in [-0.2, -0.15) is 0 Å². The topological polar surface area (TPSA) is 25.8 Å².